The van der Waals surface area contributed by atoms with Crippen LogP contribution in [0.15, 0.2) is 0 Å². The van der Waals surface area contributed by atoms with Crippen LogP contribution in [-0.2, 0) is 4.79 Å². The van der Waals surface area contributed by atoms with Gasteiger partial charge in [-0.2, -0.15) is 0 Å². The predicted octanol–water partition coefficient (Wildman–Crippen LogP) is -1.22. The average molecular weight is 215 g/mol. The van der Waals surface area contributed by atoms with Crippen LogP contribution in [0.5, 0.6) is 0 Å². The zero-order valence-corrected chi connectivity index (χ0v) is 9.17. The van der Waals surface area contributed by atoms with Crippen molar-refractivity contribution in [3.8, 4) is 0 Å². The Morgan fingerprint density at radius 3 is 2.80 bits per heavy atom. The summed E-state index contributed by atoms with van der Waals surface area (Å²) in [5.74, 6) is 0.0409. The van der Waals surface area contributed by atoms with Gasteiger partial charge in [0.15, 0.2) is 0 Å². The van der Waals surface area contributed by atoms with Crippen molar-refractivity contribution in [3.63, 3.8) is 0 Å². The molecule has 0 saturated carbocycles. The topological polar surface area (TPSA) is 64.6 Å². The SMILES string of the molecule is O=C(CCCO)NCCN1CCNCC1. The van der Waals surface area contributed by atoms with Gasteiger partial charge >= 0.3 is 0 Å². The van der Waals surface area contributed by atoms with E-state index in [-0.39, 0.29) is 12.5 Å². The molecule has 1 rings (SSSR count). The fourth-order valence-electron chi connectivity index (χ4n) is 1.62. The molecule has 5 nitrogen and oxygen atoms in total. The summed E-state index contributed by atoms with van der Waals surface area (Å²) in [6.07, 6.45) is 0.984. The van der Waals surface area contributed by atoms with Crippen LogP contribution in [0, 0.1) is 0 Å². The van der Waals surface area contributed by atoms with Crippen LogP contribution in [0.3, 0.4) is 0 Å². The maximum atomic E-state index is 11.2. The van der Waals surface area contributed by atoms with Crippen LogP contribution >= 0.6 is 0 Å². The lowest BCUT2D eigenvalue weighted by molar-refractivity contribution is -0.121. The summed E-state index contributed by atoms with van der Waals surface area (Å²) < 4.78 is 0. The van der Waals surface area contributed by atoms with Gasteiger partial charge in [0.2, 0.25) is 5.91 Å². The molecule has 0 spiro atoms. The third-order valence-corrected chi connectivity index (χ3v) is 2.52. The van der Waals surface area contributed by atoms with Crippen LogP contribution < -0.4 is 10.6 Å². The predicted molar refractivity (Wildman–Crippen MR) is 58.6 cm³/mol. The lowest BCUT2D eigenvalue weighted by Gasteiger charge is -2.27. The number of piperazine rings is 1. The van der Waals surface area contributed by atoms with Crippen molar-refractivity contribution < 1.29 is 9.90 Å². The van der Waals surface area contributed by atoms with E-state index in [4.69, 9.17) is 5.11 Å². The second-order valence-electron chi connectivity index (χ2n) is 3.77. The molecule has 0 atom stereocenters. The van der Waals surface area contributed by atoms with Crippen LogP contribution in [-0.4, -0.2) is 61.8 Å². The summed E-state index contributed by atoms with van der Waals surface area (Å²) in [5, 5.41) is 14.7. The highest BCUT2D eigenvalue weighted by Crippen LogP contribution is 1.91. The normalized spacial score (nSPS) is 17.7. The molecular formula is C10H21N3O2. The Hall–Kier alpha value is -0.650. The molecule has 15 heavy (non-hydrogen) atoms. The van der Waals surface area contributed by atoms with Gasteiger partial charge in [-0.25, -0.2) is 0 Å². The third-order valence-electron chi connectivity index (χ3n) is 2.52. The maximum absolute atomic E-state index is 11.2. The van der Waals surface area contributed by atoms with Gasteiger partial charge in [0.25, 0.3) is 0 Å². The Balaban J connectivity index is 1.97. The van der Waals surface area contributed by atoms with Gasteiger partial charge in [-0.15, -0.1) is 0 Å². The number of aliphatic hydroxyl groups excluding tert-OH is 1. The number of nitrogens with one attached hydrogen (secondary N) is 2. The van der Waals surface area contributed by atoms with Crippen molar-refractivity contribution in [3.05, 3.63) is 0 Å². The smallest absolute Gasteiger partial charge is 0.220 e. The molecule has 0 aromatic heterocycles. The first-order chi connectivity index (χ1) is 7.33. The van der Waals surface area contributed by atoms with E-state index in [9.17, 15) is 4.79 Å². The molecule has 1 saturated heterocycles. The van der Waals surface area contributed by atoms with Crippen molar-refractivity contribution in [2.75, 3.05) is 45.9 Å². The van der Waals surface area contributed by atoms with E-state index in [1.165, 1.54) is 0 Å². The number of carbonyl (C=O) groups excluding carboxylic acids is 1. The molecular weight excluding hydrogens is 194 g/mol. The minimum absolute atomic E-state index is 0.0409. The second-order valence-corrected chi connectivity index (χ2v) is 3.77. The Kier molecular flexibility index (Phi) is 6.31. The number of hydrogen-bond donors (Lipinski definition) is 3. The van der Waals surface area contributed by atoms with Gasteiger partial charge < -0.3 is 15.7 Å². The molecule has 88 valence electrons. The molecule has 0 radical (unpaired) electrons. The lowest BCUT2D eigenvalue weighted by Crippen LogP contribution is -2.46. The van der Waals surface area contributed by atoms with Gasteiger partial charge in [0.05, 0.1) is 0 Å². The van der Waals surface area contributed by atoms with Crippen LogP contribution in [0.25, 0.3) is 0 Å². The number of amides is 1. The largest absolute Gasteiger partial charge is 0.396 e. The van der Waals surface area contributed by atoms with Crippen LogP contribution in [0.1, 0.15) is 12.8 Å². The molecule has 1 aliphatic heterocycles. The highest BCUT2D eigenvalue weighted by atomic mass is 16.3. The molecule has 1 fully saturated rings. The van der Waals surface area contributed by atoms with Crippen molar-refractivity contribution >= 4 is 5.91 Å². The van der Waals surface area contributed by atoms with Crippen LogP contribution in [0.4, 0.5) is 0 Å². The van der Waals surface area contributed by atoms with Crippen molar-refractivity contribution in [2.45, 2.75) is 12.8 Å². The molecule has 1 heterocycles. The molecule has 1 aliphatic rings. The van der Waals surface area contributed by atoms with Crippen molar-refractivity contribution in [1.82, 2.24) is 15.5 Å². The fraction of sp³-hybridized carbons (Fsp3) is 0.900. The highest BCUT2D eigenvalue weighted by molar-refractivity contribution is 5.75. The Morgan fingerprint density at radius 2 is 2.13 bits per heavy atom. The van der Waals surface area contributed by atoms with E-state index in [1.54, 1.807) is 0 Å². The standard InChI is InChI=1S/C10H21N3O2/c14-9-1-2-10(15)12-5-8-13-6-3-11-4-7-13/h11,14H,1-9H2,(H,12,15). The number of aliphatic hydroxyl groups is 1. The van der Waals surface area contributed by atoms with E-state index in [1.807, 2.05) is 0 Å². The average Bonchev–Trinajstić information content (AvgIpc) is 2.28. The molecule has 0 unspecified atom stereocenters. The molecule has 0 aromatic rings. The van der Waals surface area contributed by atoms with E-state index >= 15 is 0 Å². The lowest BCUT2D eigenvalue weighted by atomic mass is 10.3. The Bertz CT molecular complexity index is 182. The zero-order valence-electron chi connectivity index (χ0n) is 9.17. The minimum atomic E-state index is 0.0409. The third kappa shape index (κ3) is 5.71. The quantitative estimate of drug-likeness (QED) is 0.520. The van der Waals surface area contributed by atoms with Crippen LogP contribution in [0.2, 0.25) is 0 Å². The van der Waals surface area contributed by atoms with E-state index in [0.29, 0.717) is 19.4 Å². The fourth-order valence-corrected chi connectivity index (χ4v) is 1.62. The first kappa shape index (κ1) is 12.4. The summed E-state index contributed by atoms with van der Waals surface area (Å²) in [7, 11) is 0. The monoisotopic (exact) mass is 215 g/mol. The zero-order chi connectivity index (χ0) is 10.9. The van der Waals surface area contributed by atoms with Gasteiger partial charge in [-0.1, -0.05) is 0 Å². The van der Waals surface area contributed by atoms with Crippen molar-refractivity contribution in [1.29, 1.82) is 0 Å². The molecule has 5 heteroatoms. The van der Waals surface area contributed by atoms with E-state index in [0.717, 1.165) is 32.7 Å². The Morgan fingerprint density at radius 1 is 1.40 bits per heavy atom. The number of rotatable bonds is 6. The highest BCUT2D eigenvalue weighted by Gasteiger charge is 2.08. The molecule has 0 aliphatic carbocycles. The van der Waals surface area contributed by atoms with E-state index < -0.39 is 0 Å². The number of hydrogen-bond acceptors (Lipinski definition) is 4. The summed E-state index contributed by atoms with van der Waals surface area (Å²) in [6.45, 7) is 5.93. The second kappa shape index (κ2) is 7.62. The van der Waals surface area contributed by atoms with Gasteiger partial charge in [-0.05, 0) is 6.42 Å². The van der Waals surface area contributed by atoms with Gasteiger partial charge in [0, 0.05) is 52.3 Å². The number of carbonyl (C=O) groups is 1. The summed E-state index contributed by atoms with van der Waals surface area (Å²) >= 11 is 0. The molecule has 0 bridgehead atoms. The maximum Gasteiger partial charge on any atom is 0.220 e. The molecule has 3 N–H and O–H groups in total. The summed E-state index contributed by atoms with van der Waals surface area (Å²) in [6, 6.07) is 0. The molecule has 0 aromatic carbocycles. The van der Waals surface area contributed by atoms with E-state index in [2.05, 4.69) is 15.5 Å². The first-order valence-electron chi connectivity index (χ1n) is 5.63. The van der Waals surface area contributed by atoms with Gasteiger partial charge in [0.1, 0.15) is 0 Å². The first-order valence-corrected chi connectivity index (χ1v) is 5.63. The Labute approximate surface area is 90.8 Å². The van der Waals surface area contributed by atoms with Gasteiger partial charge in [-0.3, -0.25) is 9.69 Å². The van der Waals surface area contributed by atoms with Crippen molar-refractivity contribution in [2.24, 2.45) is 0 Å². The molecule has 1 amide bonds. The minimum Gasteiger partial charge on any atom is -0.396 e. The summed E-state index contributed by atoms with van der Waals surface area (Å²) in [4.78, 5) is 13.5. The summed E-state index contributed by atoms with van der Waals surface area (Å²) in [5.41, 5.74) is 0. The number of nitrogens with zero attached hydrogens (tertiary/aromatic N) is 1.